The predicted octanol–water partition coefficient (Wildman–Crippen LogP) is 1.89. The fourth-order valence-corrected chi connectivity index (χ4v) is 2.85. The number of amides is 2. The number of rotatable bonds is 8. The van der Waals surface area contributed by atoms with Crippen LogP contribution in [0.1, 0.15) is 54.6 Å². The molecule has 0 spiro atoms. The molecule has 1 unspecified atom stereocenters. The molecule has 2 rings (SSSR count). The van der Waals surface area contributed by atoms with Crippen LogP contribution >= 0.6 is 0 Å². The Hall–Kier alpha value is -2.50. The first-order chi connectivity index (χ1) is 12.1. The number of fused-ring (bicyclic) bond motifs is 1. The van der Waals surface area contributed by atoms with Crippen LogP contribution in [0, 0.1) is 0 Å². The molecule has 1 aliphatic heterocycles. The van der Waals surface area contributed by atoms with Gasteiger partial charge < -0.3 is 19.8 Å². The van der Waals surface area contributed by atoms with Crippen molar-refractivity contribution in [3.05, 3.63) is 34.9 Å². The van der Waals surface area contributed by atoms with Crippen LogP contribution in [0.25, 0.3) is 0 Å². The lowest BCUT2D eigenvalue weighted by atomic mass is 10.0. The number of benzene rings is 1. The van der Waals surface area contributed by atoms with Gasteiger partial charge in [0.05, 0.1) is 0 Å². The van der Waals surface area contributed by atoms with Crippen molar-refractivity contribution in [1.82, 2.24) is 10.2 Å². The molecule has 25 heavy (non-hydrogen) atoms. The Morgan fingerprint density at radius 2 is 1.92 bits per heavy atom. The first-order valence-corrected chi connectivity index (χ1v) is 8.64. The number of hydrogen-bond donors (Lipinski definition) is 1. The number of aldehydes is 2. The quantitative estimate of drug-likeness (QED) is 0.729. The summed E-state index contributed by atoms with van der Waals surface area (Å²) in [5.41, 5.74) is 2.44. The third kappa shape index (κ3) is 4.98. The average Bonchev–Trinajstić information content (AvgIpc) is 2.97. The van der Waals surface area contributed by atoms with Crippen LogP contribution in [0.3, 0.4) is 0 Å². The number of hydrogen-bond acceptors (Lipinski definition) is 4. The predicted molar refractivity (Wildman–Crippen MR) is 95.2 cm³/mol. The van der Waals surface area contributed by atoms with Gasteiger partial charge in [0.25, 0.3) is 5.91 Å². The zero-order valence-electron chi connectivity index (χ0n) is 15.1. The molecule has 6 nitrogen and oxygen atoms in total. The van der Waals surface area contributed by atoms with E-state index in [4.69, 9.17) is 0 Å². The monoisotopic (exact) mass is 346 g/mol. The van der Waals surface area contributed by atoms with Gasteiger partial charge in [-0.05, 0) is 30.0 Å². The van der Waals surface area contributed by atoms with Crippen LogP contribution in [-0.2, 0) is 27.3 Å². The Morgan fingerprint density at radius 1 is 1.24 bits per heavy atom. The van der Waals surface area contributed by atoms with E-state index in [1.54, 1.807) is 6.07 Å². The van der Waals surface area contributed by atoms with E-state index in [1.807, 2.05) is 26.0 Å². The number of nitrogens with zero attached hydrogens (tertiary/aromatic N) is 1. The number of nitrogens with one attached hydrogen (secondary N) is 1. The van der Waals surface area contributed by atoms with Crippen LogP contribution in [0.2, 0.25) is 0 Å². The molecule has 1 aromatic carbocycles. The minimum absolute atomic E-state index is 0.193. The maximum absolute atomic E-state index is 12.5. The Balaban J connectivity index is 0.00000151. The van der Waals surface area contributed by atoms with Crippen molar-refractivity contribution in [2.45, 2.75) is 52.1 Å². The molecule has 1 atom stereocenters. The van der Waals surface area contributed by atoms with Gasteiger partial charge in [-0.2, -0.15) is 0 Å². The second-order valence-corrected chi connectivity index (χ2v) is 5.50. The second-order valence-electron chi connectivity index (χ2n) is 5.50. The highest BCUT2D eigenvalue weighted by atomic mass is 16.2. The summed E-state index contributed by atoms with van der Waals surface area (Å²) in [5.74, 6) is -0.462. The minimum Gasteiger partial charge on any atom is -0.357 e. The standard InChI is InChI=1S/C17H20N2O4.C2H6/c1-18-16(22)15(5-3-9-21)19-11-13-10-12(4-2-8-20)6-7-14(13)17(19)23;1-2/h6-10,15H,2-5,11H2,1H3,(H,18,22);1-2H3. The van der Waals surface area contributed by atoms with Crippen molar-refractivity contribution in [3.63, 3.8) is 0 Å². The van der Waals surface area contributed by atoms with Crippen molar-refractivity contribution in [1.29, 1.82) is 0 Å². The molecule has 1 N–H and O–H groups in total. The summed E-state index contributed by atoms with van der Waals surface area (Å²) in [6.45, 7) is 4.35. The SMILES string of the molecule is CC.CNC(=O)C(CCC=O)N1Cc2cc(CCC=O)ccc2C1=O. The van der Waals surface area contributed by atoms with Crippen LogP contribution in [-0.4, -0.2) is 42.4 Å². The van der Waals surface area contributed by atoms with E-state index in [0.29, 0.717) is 31.4 Å². The molecule has 1 aliphatic rings. The Kier molecular flexibility index (Phi) is 8.53. The van der Waals surface area contributed by atoms with Crippen molar-refractivity contribution >= 4 is 24.4 Å². The fourth-order valence-electron chi connectivity index (χ4n) is 2.85. The van der Waals surface area contributed by atoms with Crippen LogP contribution < -0.4 is 5.32 Å². The van der Waals surface area contributed by atoms with Gasteiger partial charge >= 0.3 is 0 Å². The Labute approximate surface area is 148 Å². The van der Waals surface area contributed by atoms with Gasteiger partial charge in [0.2, 0.25) is 5.91 Å². The molecule has 136 valence electrons. The van der Waals surface area contributed by atoms with E-state index in [-0.39, 0.29) is 18.2 Å². The van der Waals surface area contributed by atoms with Gasteiger partial charge in [-0.25, -0.2) is 0 Å². The number of carbonyl (C=O) groups excluding carboxylic acids is 4. The van der Waals surface area contributed by atoms with Gasteiger partial charge in [-0.1, -0.05) is 26.0 Å². The largest absolute Gasteiger partial charge is 0.357 e. The lowest BCUT2D eigenvalue weighted by Gasteiger charge is -2.25. The molecule has 1 aromatic rings. The van der Waals surface area contributed by atoms with Crippen molar-refractivity contribution in [3.8, 4) is 0 Å². The van der Waals surface area contributed by atoms with E-state index in [0.717, 1.165) is 23.7 Å². The van der Waals surface area contributed by atoms with E-state index < -0.39 is 6.04 Å². The first kappa shape index (κ1) is 20.5. The smallest absolute Gasteiger partial charge is 0.255 e. The molecule has 0 bridgehead atoms. The topological polar surface area (TPSA) is 83.6 Å². The lowest BCUT2D eigenvalue weighted by Crippen LogP contribution is -2.46. The lowest BCUT2D eigenvalue weighted by molar-refractivity contribution is -0.125. The van der Waals surface area contributed by atoms with Gasteiger partial charge in [-0.15, -0.1) is 0 Å². The molecule has 1 heterocycles. The van der Waals surface area contributed by atoms with E-state index in [2.05, 4.69) is 5.32 Å². The summed E-state index contributed by atoms with van der Waals surface area (Å²) in [6.07, 6.45) is 3.22. The highest BCUT2D eigenvalue weighted by molar-refractivity contribution is 6.01. The molecule has 0 fully saturated rings. The van der Waals surface area contributed by atoms with Crippen molar-refractivity contribution in [2.24, 2.45) is 0 Å². The van der Waals surface area contributed by atoms with Crippen LogP contribution in [0.4, 0.5) is 0 Å². The molecular weight excluding hydrogens is 320 g/mol. The molecule has 0 saturated heterocycles. The summed E-state index contributed by atoms with van der Waals surface area (Å²) in [6, 6.07) is 4.85. The van der Waals surface area contributed by atoms with Gasteiger partial charge in [0.1, 0.15) is 18.6 Å². The highest BCUT2D eigenvalue weighted by Crippen LogP contribution is 2.27. The summed E-state index contributed by atoms with van der Waals surface area (Å²) in [7, 11) is 1.52. The molecule has 2 amide bonds. The summed E-state index contributed by atoms with van der Waals surface area (Å²) >= 11 is 0. The molecular formula is C19H26N2O4. The summed E-state index contributed by atoms with van der Waals surface area (Å²) < 4.78 is 0. The van der Waals surface area contributed by atoms with Gasteiger partial charge in [0.15, 0.2) is 0 Å². The zero-order valence-corrected chi connectivity index (χ0v) is 15.1. The summed E-state index contributed by atoms with van der Waals surface area (Å²) in [4.78, 5) is 47.2. The second kappa shape index (κ2) is 10.4. The summed E-state index contributed by atoms with van der Waals surface area (Å²) in [5, 5.41) is 2.55. The average molecular weight is 346 g/mol. The van der Waals surface area contributed by atoms with Gasteiger partial charge in [-0.3, -0.25) is 9.59 Å². The van der Waals surface area contributed by atoms with Crippen LogP contribution in [0.5, 0.6) is 0 Å². The zero-order chi connectivity index (χ0) is 18.8. The third-order valence-electron chi connectivity index (χ3n) is 4.04. The molecule has 0 aliphatic carbocycles. The normalized spacial score (nSPS) is 13.4. The molecule has 0 aromatic heterocycles. The highest BCUT2D eigenvalue weighted by Gasteiger charge is 2.35. The minimum atomic E-state index is -0.650. The number of carbonyl (C=O) groups is 4. The maximum Gasteiger partial charge on any atom is 0.255 e. The fraction of sp³-hybridized carbons (Fsp3) is 0.474. The van der Waals surface area contributed by atoms with Gasteiger partial charge in [0, 0.05) is 32.0 Å². The number of likely N-dealkylation sites (N-methyl/N-ethyl adjacent to an activating group) is 1. The van der Waals surface area contributed by atoms with E-state index >= 15 is 0 Å². The Morgan fingerprint density at radius 3 is 2.52 bits per heavy atom. The molecule has 0 radical (unpaired) electrons. The van der Waals surface area contributed by atoms with Crippen molar-refractivity contribution in [2.75, 3.05) is 7.05 Å². The number of aryl methyl sites for hydroxylation is 1. The Bertz CT molecular complexity index is 628. The molecule has 6 heteroatoms. The third-order valence-corrected chi connectivity index (χ3v) is 4.04. The first-order valence-electron chi connectivity index (χ1n) is 8.64. The molecule has 0 saturated carbocycles. The van der Waals surface area contributed by atoms with Crippen LogP contribution in [0.15, 0.2) is 18.2 Å². The maximum atomic E-state index is 12.5. The van der Waals surface area contributed by atoms with E-state index in [9.17, 15) is 19.2 Å². The van der Waals surface area contributed by atoms with Crippen molar-refractivity contribution < 1.29 is 19.2 Å². The van der Waals surface area contributed by atoms with E-state index in [1.165, 1.54) is 11.9 Å².